The van der Waals surface area contributed by atoms with Gasteiger partial charge in [0.15, 0.2) is 0 Å². The molecule has 1 unspecified atom stereocenters. The number of carbonyl (C=O) groups is 1. The molecule has 3 heteroatoms. The molecule has 4 rings (SSSR count). The van der Waals surface area contributed by atoms with E-state index in [1.807, 2.05) is 0 Å². The fourth-order valence-corrected chi connectivity index (χ4v) is 4.55. The van der Waals surface area contributed by atoms with Crippen LogP contribution in [0.5, 0.6) is 0 Å². The predicted octanol–water partition coefficient (Wildman–Crippen LogP) is 3.19. The van der Waals surface area contributed by atoms with Crippen molar-refractivity contribution in [3.05, 3.63) is 47.0 Å². The van der Waals surface area contributed by atoms with Crippen LogP contribution in [0.25, 0.3) is 0 Å². The maximum absolute atomic E-state index is 13.0. The minimum Gasteiger partial charge on any atom is -0.350 e. The number of hydrogen-bond acceptors (Lipinski definition) is 2. The van der Waals surface area contributed by atoms with Crippen molar-refractivity contribution < 1.29 is 4.79 Å². The Morgan fingerprint density at radius 2 is 2.00 bits per heavy atom. The lowest BCUT2D eigenvalue weighted by Gasteiger charge is -2.37. The van der Waals surface area contributed by atoms with E-state index < -0.39 is 0 Å². The molecule has 1 aromatic carbocycles. The number of carbonyl (C=O) groups excluding carboxylic acids is 1. The number of amides is 1. The predicted molar refractivity (Wildman–Crippen MR) is 92.1 cm³/mol. The lowest BCUT2D eigenvalue weighted by Crippen LogP contribution is -2.56. The molecule has 3 aliphatic rings. The molecular weight excluding hydrogens is 284 g/mol. The van der Waals surface area contributed by atoms with E-state index in [1.54, 1.807) is 5.57 Å². The van der Waals surface area contributed by atoms with Gasteiger partial charge in [0.2, 0.25) is 5.91 Å². The minimum atomic E-state index is -0.328. The van der Waals surface area contributed by atoms with E-state index in [9.17, 15) is 4.79 Å². The van der Waals surface area contributed by atoms with Gasteiger partial charge in [0.25, 0.3) is 0 Å². The Morgan fingerprint density at radius 3 is 2.83 bits per heavy atom. The van der Waals surface area contributed by atoms with Crippen LogP contribution in [0.1, 0.15) is 49.7 Å². The number of nitrogens with one attached hydrogen (secondary N) is 1. The summed E-state index contributed by atoms with van der Waals surface area (Å²) in [6.07, 6.45) is 10.4. The van der Waals surface area contributed by atoms with Gasteiger partial charge in [-0.25, -0.2) is 0 Å². The van der Waals surface area contributed by atoms with Gasteiger partial charge < -0.3 is 5.32 Å². The van der Waals surface area contributed by atoms with Crippen LogP contribution >= 0.6 is 0 Å². The number of rotatable bonds is 2. The second kappa shape index (κ2) is 6.12. The van der Waals surface area contributed by atoms with Crippen LogP contribution in [0.3, 0.4) is 0 Å². The molecule has 1 spiro atoms. The quantitative estimate of drug-likeness (QED) is 0.851. The normalized spacial score (nSPS) is 28.2. The molecule has 1 fully saturated rings. The number of hydrogen-bond donors (Lipinski definition) is 1. The zero-order valence-electron chi connectivity index (χ0n) is 13.8. The molecule has 23 heavy (non-hydrogen) atoms. The third-order valence-corrected chi connectivity index (χ3v) is 5.87. The summed E-state index contributed by atoms with van der Waals surface area (Å²) in [5, 5.41) is 3.20. The fourth-order valence-electron chi connectivity index (χ4n) is 4.55. The molecule has 1 aliphatic carbocycles. The molecule has 2 aliphatic heterocycles. The molecule has 3 nitrogen and oxygen atoms in total. The van der Waals surface area contributed by atoms with Gasteiger partial charge in [-0.15, -0.1) is 0 Å². The van der Waals surface area contributed by atoms with E-state index in [2.05, 4.69) is 40.6 Å². The average Bonchev–Trinajstić information content (AvgIpc) is 2.91. The van der Waals surface area contributed by atoms with Gasteiger partial charge in [0, 0.05) is 19.5 Å². The molecule has 1 atom stereocenters. The molecule has 0 aromatic heterocycles. The maximum Gasteiger partial charge on any atom is 0.241 e. The van der Waals surface area contributed by atoms with Crippen LogP contribution in [0, 0.1) is 0 Å². The van der Waals surface area contributed by atoms with E-state index in [1.165, 1.54) is 36.8 Å². The molecule has 122 valence electrons. The van der Waals surface area contributed by atoms with E-state index in [0.717, 1.165) is 32.4 Å². The number of likely N-dealkylation sites (tertiary alicyclic amines) is 1. The monoisotopic (exact) mass is 310 g/mol. The van der Waals surface area contributed by atoms with Crippen LogP contribution in [-0.4, -0.2) is 29.4 Å². The Labute approximate surface area is 138 Å². The van der Waals surface area contributed by atoms with Crippen LogP contribution in [0.2, 0.25) is 0 Å². The largest absolute Gasteiger partial charge is 0.350 e. The molecule has 1 aromatic rings. The molecule has 0 saturated carbocycles. The summed E-state index contributed by atoms with van der Waals surface area (Å²) < 4.78 is 0. The Kier molecular flexibility index (Phi) is 3.98. The van der Waals surface area contributed by atoms with Crippen molar-refractivity contribution in [3.63, 3.8) is 0 Å². The average molecular weight is 310 g/mol. The highest BCUT2D eigenvalue weighted by Gasteiger charge is 2.48. The van der Waals surface area contributed by atoms with Crippen LogP contribution in [-0.2, 0) is 17.8 Å². The van der Waals surface area contributed by atoms with Crippen LogP contribution in [0.4, 0.5) is 0 Å². The van der Waals surface area contributed by atoms with Gasteiger partial charge in [-0.1, -0.05) is 35.9 Å². The van der Waals surface area contributed by atoms with Crippen LogP contribution < -0.4 is 5.32 Å². The maximum atomic E-state index is 13.0. The first-order valence-electron chi connectivity index (χ1n) is 9.06. The van der Waals surface area contributed by atoms with Gasteiger partial charge >= 0.3 is 0 Å². The van der Waals surface area contributed by atoms with Gasteiger partial charge in [0.1, 0.15) is 5.54 Å². The molecule has 0 bridgehead atoms. The Morgan fingerprint density at radius 1 is 1.13 bits per heavy atom. The summed E-state index contributed by atoms with van der Waals surface area (Å²) in [6, 6.07) is 8.53. The topological polar surface area (TPSA) is 32.3 Å². The van der Waals surface area contributed by atoms with Crippen molar-refractivity contribution in [2.45, 2.75) is 57.0 Å². The van der Waals surface area contributed by atoms with Gasteiger partial charge in [-0.2, -0.15) is 0 Å². The van der Waals surface area contributed by atoms with Gasteiger partial charge in [0.05, 0.1) is 0 Å². The summed E-state index contributed by atoms with van der Waals surface area (Å²) in [5.41, 5.74) is 3.84. The highest BCUT2D eigenvalue weighted by Crippen LogP contribution is 2.37. The standard InChI is InChI=1S/C20H26N2O/c23-19-20(13-17-9-4-5-10-18(17)14-21-19)11-6-12-22(20)15-16-7-2-1-3-8-16/h4-5,7,9-10H,1-3,6,8,11-15H2,(H,21,23). The van der Waals surface area contributed by atoms with Crippen molar-refractivity contribution in [1.29, 1.82) is 0 Å². The number of allylic oxidation sites excluding steroid dienone is 1. The first kappa shape index (κ1) is 14.9. The lowest BCUT2D eigenvalue weighted by molar-refractivity contribution is -0.131. The second-order valence-electron chi connectivity index (χ2n) is 7.29. The van der Waals surface area contributed by atoms with Crippen molar-refractivity contribution in [2.24, 2.45) is 0 Å². The van der Waals surface area contributed by atoms with Crippen molar-refractivity contribution >= 4 is 5.91 Å². The summed E-state index contributed by atoms with van der Waals surface area (Å²) >= 11 is 0. The van der Waals surface area contributed by atoms with Gasteiger partial charge in [-0.05, 0) is 56.2 Å². The molecular formula is C20H26N2O. The number of fused-ring (bicyclic) bond motifs is 1. The first-order chi connectivity index (χ1) is 11.3. The van der Waals surface area contributed by atoms with Crippen molar-refractivity contribution in [1.82, 2.24) is 10.2 Å². The summed E-state index contributed by atoms with van der Waals surface area (Å²) in [7, 11) is 0. The van der Waals surface area contributed by atoms with E-state index >= 15 is 0 Å². The minimum absolute atomic E-state index is 0.239. The Hall–Kier alpha value is -1.61. The van der Waals surface area contributed by atoms with Crippen molar-refractivity contribution in [3.8, 4) is 0 Å². The smallest absolute Gasteiger partial charge is 0.241 e. The summed E-state index contributed by atoms with van der Waals surface area (Å²) in [6.45, 7) is 2.70. The molecule has 1 N–H and O–H groups in total. The number of benzene rings is 1. The third-order valence-electron chi connectivity index (χ3n) is 5.87. The van der Waals surface area contributed by atoms with Crippen molar-refractivity contribution in [2.75, 3.05) is 13.1 Å². The summed E-state index contributed by atoms with van der Waals surface area (Å²) in [5.74, 6) is 0.239. The van der Waals surface area contributed by atoms with Crippen LogP contribution in [0.15, 0.2) is 35.9 Å². The zero-order chi connectivity index (χ0) is 15.7. The number of nitrogens with zero attached hydrogens (tertiary/aromatic N) is 1. The molecule has 1 amide bonds. The molecule has 2 heterocycles. The third kappa shape index (κ3) is 2.72. The van der Waals surface area contributed by atoms with E-state index in [-0.39, 0.29) is 11.4 Å². The fraction of sp³-hybridized carbons (Fsp3) is 0.550. The zero-order valence-corrected chi connectivity index (χ0v) is 13.8. The first-order valence-corrected chi connectivity index (χ1v) is 9.06. The Bertz CT molecular complexity index is 636. The Balaban J connectivity index is 1.63. The SMILES string of the molecule is O=C1NCc2ccccc2CC12CCCN2CC1=CCCCC1. The molecule has 1 saturated heterocycles. The van der Waals surface area contributed by atoms with E-state index in [0.29, 0.717) is 6.54 Å². The van der Waals surface area contributed by atoms with Gasteiger partial charge in [-0.3, -0.25) is 9.69 Å². The lowest BCUT2D eigenvalue weighted by atomic mass is 9.86. The second-order valence-corrected chi connectivity index (χ2v) is 7.29. The summed E-state index contributed by atoms with van der Waals surface area (Å²) in [4.78, 5) is 15.5. The molecule has 0 radical (unpaired) electrons. The highest BCUT2D eigenvalue weighted by molar-refractivity contribution is 5.87. The van der Waals surface area contributed by atoms with E-state index in [4.69, 9.17) is 0 Å². The highest BCUT2D eigenvalue weighted by atomic mass is 16.2.